The van der Waals surface area contributed by atoms with Gasteiger partial charge in [-0.25, -0.2) is 0 Å². The molecule has 2 aromatic carbocycles. The van der Waals surface area contributed by atoms with Gasteiger partial charge < -0.3 is 0 Å². The molecule has 0 spiro atoms. The van der Waals surface area contributed by atoms with E-state index in [1.807, 2.05) is 48.5 Å². The summed E-state index contributed by atoms with van der Waals surface area (Å²) in [5.74, 6) is 0. The molecule has 0 atom stereocenters. The quantitative estimate of drug-likeness (QED) is 0.774. The zero-order valence-corrected chi connectivity index (χ0v) is 13.7. The van der Waals surface area contributed by atoms with E-state index in [0.29, 0.717) is 0 Å². The van der Waals surface area contributed by atoms with Crippen LogP contribution in [0.5, 0.6) is 0 Å². The third-order valence-electron chi connectivity index (χ3n) is 4.80. The van der Waals surface area contributed by atoms with E-state index in [1.54, 1.807) is 13.8 Å². The Bertz CT molecular complexity index is 682. The van der Waals surface area contributed by atoms with Crippen LogP contribution in [0.1, 0.15) is 36.1 Å². The predicted octanol–water partition coefficient (Wildman–Crippen LogP) is 4.14. The lowest BCUT2D eigenvalue weighted by Crippen LogP contribution is -2.45. The van der Waals surface area contributed by atoms with Gasteiger partial charge in [-0.1, -0.05) is 48.5 Å². The first-order chi connectivity index (χ1) is 10.3. The highest BCUT2D eigenvalue weighted by atomic mass is 35.5. The molecule has 0 fully saturated rings. The van der Waals surface area contributed by atoms with E-state index in [9.17, 15) is 9.59 Å². The molecule has 2 nitrogen and oxygen atoms in total. The van der Waals surface area contributed by atoms with Gasteiger partial charge in [-0.05, 0) is 59.3 Å². The van der Waals surface area contributed by atoms with Crippen LogP contribution in [0.15, 0.2) is 48.5 Å². The van der Waals surface area contributed by atoms with Crippen molar-refractivity contribution in [2.24, 2.45) is 0 Å². The van der Waals surface area contributed by atoms with Gasteiger partial charge in [0.15, 0.2) is 0 Å². The number of carbonyl (C=O) groups excluding carboxylic acids is 2. The van der Waals surface area contributed by atoms with Crippen molar-refractivity contribution >= 4 is 33.7 Å². The maximum Gasteiger partial charge on any atom is 0.236 e. The Morgan fingerprint density at radius 1 is 0.682 bits per heavy atom. The van der Waals surface area contributed by atoms with Gasteiger partial charge >= 0.3 is 0 Å². The van der Waals surface area contributed by atoms with Crippen molar-refractivity contribution in [2.75, 3.05) is 0 Å². The molecule has 0 saturated heterocycles. The van der Waals surface area contributed by atoms with Gasteiger partial charge in [0.25, 0.3) is 0 Å². The van der Waals surface area contributed by atoms with Crippen molar-refractivity contribution in [1.82, 2.24) is 0 Å². The molecule has 3 rings (SSSR count). The van der Waals surface area contributed by atoms with Gasteiger partial charge in [0.2, 0.25) is 10.5 Å². The van der Waals surface area contributed by atoms with Crippen LogP contribution in [0, 0.1) is 0 Å². The third-order valence-corrected chi connectivity index (χ3v) is 5.55. The molecule has 0 amide bonds. The lowest BCUT2D eigenvalue weighted by Gasteiger charge is -2.43. The molecule has 1 aliphatic carbocycles. The van der Waals surface area contributed by atoms with Gasteiger partial charge in [0.1, 0.15) is 0 Å². The largest absolute Gasteiger partial charge is 0.280 e. The Kier molecular flexibility index (Phi) is 3.42. The maximum atomic E-state index is 12.3. The first-order valence-electron chi connectivity index (χ1n) is 6.94. The van der Waals surface area contributed by atoms with Crippen LogP contribution < -0.4 is 0 Å². The molecule has 0 N–H and O–H groups in total. The fourth-order valence-corrected chi connectivity index (χ4v) is 3.83. The number of hydrogen-bond acceptors (Lipinski definition) is 2. The smallest absolute Gasteiger partial charge is 0.236 e. The average molecular weight is 333 g/mol. The van der Waals surface area contributed by atoms with Gasteiger partial charge in [-0.15, -0.1) is 0 Å². The highest BCUT2D eigenvalue weighted by molar-refractivity contribution is 6.67. The summed E-state index contributed by atoms with van der Waals surface area (Å²) in [7, 11) is 0. The van der Waals surface area contributed by atoms with Crippen LogP contribution in [0.4, 0.5) is 0 Å². The van der Waals surface area contributed by atoms with Gasteiger partial charge in [-0.2, -0.15) is 0 Å². The SMILES string of the molecule is CC1(C(=O)Cl)c2ccccc2C(C)(C(=O)Cl)c2ccccc21. The third kappa shape index (κ3) is 1.74. The minimum Gasteiger partial charge on any atom is -0.280 e. The Balaban J connectivity index is 2.50. The molecule has 0 radical (unpaired) electrons. The standard InChI is InChI=1S/C18H14Cl2O2/c1-17(15(19)21)11-7-3-5-9-13(11)18(2,16(20)22)14-10-6-4-8-12(14)17/h3-10H,1-2H3. The molecule has 0 heterocycles. The number of hydrogen-bond donors (Lipinski definition) is 0. The van der Waals surface area contributed by atoms with Crippen LogP contribution in [0.2, 0.25) is 0 Å². The van der Waals surface area contributed by atoms with Crippen molar-refractivity contribution < 1.29 is 9.59 Å². The average Bonchev–Trinajstić information content (AvgIpc) is 2.52. The number of carbonyl (C=O) groups is 2. The molecule has 1 aliphatic rings. The number of fused-ring (bicyclic) bond motifs is 2. The predicted molar refractivity (Wildman–Crippen MR) is 87.5 cm³/mol. The van der Waals surface area contributed by atoms with Gasteiger partial charge in [-0.3, -0.25) is 9.59 Å². The van der Waals surface area contributed by atoms with E-state index >= 15 is 0 Å². The molecule has 0 aliphatic heterocycles. The first-order valence-corrected chi connectivity index (χ1v) is 7.70. The summed E-state index contributed by atoms with van der Waals surface area (Å²) < 4.78 is 0. The summed E-state index contributed by atoms with van der Waals surface area (Å²) in [5.41, 5.74) is 0.909. The van der Waals surface area contributed by atoms with Crippen molar-refractivity contribution in [2.45, 2.75) is 24.7 Å². The van der Waals surface area contributed by atoms with E-state index in [0.717, 1.165) is 22.3 Å². The molecule has 4 heteroatoms. The Morgan fingerprint density at radius 2 is 0.909 bits per heavy atom. The Labute approximate surface area is 139 Å². The molecular weight excluding hydrogens is 319 g/mol. The van der Waals surface area contributed by atoms with E-state index in [-0.39, 0.29) is 0 Å². The summed E-state index contributed by atoms with van der Waals surface area (Å²) in [4.78, 5) is 24.5. The van der Waals surface area contributed by atoms with E-state index < -0.39 is 21.3 Å². The zero-order chi connectivity index (χ0) is 16.1. The lowest BCUT2D eigenvalue weighted by molar-refractivity contribution is -0.117. The molecule has 0 saturated carbocycles. The highest BCUT2D eigenvalue weighted by Crippen LogP contribution is 2.51. The number of benzene rings is 2. The number of halogens is 2. The fourth-order valence-electron chi connectivity index (χ4n) is 3.42. The second kappa shape index (κ2) is 4.94. The zero-order valence-electron chi connectivity index (χ0n) is 12.2. The molecule has 22 heavy (non-hydrogen) atoms. The highest BCUT2D eigenvalue weighted by Gasteiger charge is 2.51. The van der Waals surface area contributed by atoms with E-state index in [1.165, 1.54) is 0 Å². The molecule has 2 aromatic rings. The Morgan fingerprint density at radius 3 is 1.09 bits per heavy atom. The summed E-state index contributed by atoms with van der Waals surface area (Å²) in [5, 5.41) is -0.951. The summed E-state index contributed by atoms with van der Waals surface area (Å²) >= 11 is 11.9. The van der Waals surface area contributed by atoms with Crippen molar-refractivity contribution in [3.8, 4) is 0 Å². The topological polar surface area (TPSA) is 34.1 Å². The molecule has 112 valence electrons. The van der Waals surface area contributed by atoms with Crippen LogP contribution in [0.3, 0.4) is 0 Å². The lowest BCUT2D eigenvalue weighted by atomic mass is 9.59. The normalized spacial score (nSPS) is 26.0. The van der Waals surface area contributed by atoms with Crippen molar-refractivity contribution in [3.63, 3.8) is 0 Å². The molecule has 0 bridgehead atoms. The molecule has 0 aromatic heterocycles. The van der Waals surface area contributed by atoms with Crippen LogP contribution in [-0.2, 0) is 20.4 Å². The monoisotopic (exact) mass is 332 g/mol. The van der Waals surface area contributed by atoms with E-state index in [2.05, 4.69) is 0 Å². The van der Waals surface area contributed by atoms with Gasteiger partial charge in [0, 0.05) is 0 Å². The Hall–Kier alpha value is -1.64. The van der Waals surface area contributed by atoms with Crippen LogP contribution in [-0.4, -0.2) is 10.5 Å². The van der Waals surface area contributed by atoms with Crippen LogP contribution >= 0.6 is 23.2 Å². The summed E-state index contributed by atoms with van der Waals surface area (Å²) in [6, 6.07) is 14.7. The number of rotatable bonds is 2. The summed E-state index contributed by atoms with van der Waals surface area (Å²) in [6.45, 7) is 3.58. The fraction of sp³-hybridized carbons (Fsp3) is 0.222. The molecule has 0 unspecified atom stereocenters. The maximum absolute atomic E-state index is 12.3. The second-order valence-electron chi connectivity index (χ2n) is 5.89. The minimum absolute atomic E-state index is 0.475. The van der Waals surface area contributed by atoms with E-state index in [4.69, 9.17) is 23.2 Å². The van der Waals surface area contributed by atoms with Gasteiger partial charge in [0.05, 0.1) is 10.8 Å². The van der Waals surface area contributed by atoms with Crippen LogP contribution in [0.25, 0.3) is 0 Å². The summed E-state index contributed by atoms with van der Waals surface area (Å²) in [6.07, 6.45) is 0. The first kappa shape index (κ1) is 15.3. The van der Waals surface area contributed by atoms with Crippen molar-refractivity contribution in [3.05, 3.63) is 70.8 Å². The second-order valence-corrected chi connectivity index (χ2v) is 6.58. The minimum atomic E-state index is -0.999. The molecular formula is C18H14Cl2O2. The van der Waals surface area contributed by atoms with Crippen molar-refractivity contribution in [1.29, 1.82) is 0 Å².